The third-order valence-electron chi connectivity index (χ3n) is 4.05. The molecule has 7 nitrogen and oxygen atoms in total. The van der Waals surface area contributed by atoms with Crippen molar-refractivity contribution in [3.63, 3.8) is 0 Å². The number of amides is 1. The molecule has 3 aliphatic heterocycles. The van der Waals surface area contributed by atoms with Crippen LogP contribution in [0.3, 0.4) is 0 Å². The van der Waals surface area contributed by atoms with Crippen molar-refractivity contribution in [3.8, 4) is 0 Å². The fraction of sp³-hybridized carbons (Fsp3) is 0.833. The van der Waals surface area contributed by atoms with Gasteiger partial charge in [-0.25, -0.2) is 4.79 Å². The fourth-order valence-corrected chi connectivity index (χ4v) is 3.24. The monoisotopic (exact) mass is 271 g/mol. The Morgan fingerprint density at radius 2 is 2.16 bits per heavy atom. The highest BCUT2D eigenvalue weighted by Crippen LogP contribution is 2.47. The predicted molar refractivity (Wildman–Crippen MR) is 61.0 cm³/mol. The summed E-state index contributed by atoms with van der Waals surface area (Å²) in [7, 11) is 0. The van der Waals surface area contributed by atoms with E-state index >= 15 is 0 Å². The lowest BCUT2D eigenvalue weighted by Crippen LogP contribution is -2.48. The van der Waals surface area contributed by atoms with Crippen LogP contribution in [-0.2, 0) is 23.8 Å². The van der Waals surface area contributed by atoms with Gasteiger partial charge in [0.2, 0.25) is 5.91 Å². The molecule has 0 aromatic heterocycles. The van der Waals surface area contributed by atoms with E-state index < -0.39 is 17.3 Å². The number of carbonyl (C=O) groups is 2. The molecule has 3 heterocycles. The zero-order valence-electron chi connectivity index (χ0n) is 10.6. The standard InChI is InChI=1S/C12H17NO6/c14-3-4-17-10(16)11-2-1-9(15)13(11)8-12(7-11)18-5-6-19-12/h14H,1-8H2/t11-/m0/s1. The Labute approximate surface area is 110 Å². The maximum Gasteiger partial charge on any atom is 0.332 e. The van der Waals surface area contributed by atoms with Crippen LogP contribution >= 0.6 is 0 Å². The number of aliphatic hydroxyl groups is 1. The Bertz CT molecular complexity index is 405. The molecule has 3 saturated heterocycles. The average molecular weight is 271 g/mol. The molecule has 0 radical (unpaired) electrons. The van der Waals surface area contributed by atoms with Gasteiger partial charge < -0.3 is 24.2 Å². The predicted octanol–water partition coefficient (Wildman–Crippen LogP) is -0.970. The van der Waals surface area contributed by atoms with Gasteiger partial charge in [-0.05, 0) is 6.42 Å². The summed E-state index contributed by atoms with van der Waals surface area (Å²) in [4.78, 5) is 25.7. The lowest BCUT2D eigenvalue weighted by atomic mass is 9.92. The molecule has 0 saturated carbocycles. The second-order valence-corrected chi connectivity index (χ2v) is 5.16. The van der Waals surface area contributed by atoms with Gasteiger partial charge in [-0.1, -0.05) is 0 Å². The maximum absolute atomic E-state index is 12.3. The van der Waals surface area contributed by atoms with Gasteiger partial charge in [0.25, 0.3) is 0 Å². The summed E-state index contributed by atoms with van der Waals surface area (Å²) in [5.74, 6) is -1.39. The minimum atomic E-state index is -0.976. The summed E-state index contributed by atoms with van der Waals surface area (Å²) in [6.07, 6.45) is 1.07. The Morgan fingerprint density at radius 3 is 2.84 bits per heavy atom. The van der Waals surface area contributed by atoms with E-state index in [1.165, 1.54) is 4.90 Å². The second-order valence-electron chi connectivity index (χ2n) is 5.16. The van der Waals surface area contributed by atoms with E-state index in [9.17, 15) is 9.59 Å². The largest absolute Gasteiger partial charge is 0.461 e. The SMILES string of the molecule is O=C1CC[C@@]2(C(=O)OCCO)CC3(CN12)OCCO3. The molecule has 0 aromatic rings. The number of hydrogen-bond acceptors (Lipinski definition) is 6. The summed E-state index contributed by atoms with van der Waals surface area (Å²) in [6.45, 7) is 0.943. The first-order chi connectivity index (χ1) is 9.12. The first-order valence-electron chi connectivity index (χ1n) is 6.48. The highest BCUT2D eigenvalue weighted by Gasteiger charge is 2.65. The van der Waals surface area contributed by atoms with Gasteiger partial charge in [0.1, 0.15) is 12.1 Å². The second kappa shape index (κ2) is 4.43. The number of nitrogens with zero attached hydrogens (tertiary/aromatic N) is 1. The van der Waals surface area contributed by atoms with Crippen molar-refractivity contribution in [2.75, 3.05) is 33.0 Å². The molecule has 1 amide bonds. The summed E-state index contributed by atoms with van der Waals surface area (Å²) < 4.78 is 16.2. The van der Waals surface area contributed by atoms with Gasteiger partial charge in [0, 0.05) is 12.8 Å². The molecule has 0 aromatic carbocycles. The Balaban J connectivity index is 1.84. The number of esters is 1. The molecule has 1 spiro atoms. The van der Waals surface area contributed by atoms with Crippen molar-refractivity contribution < 1.29 is 28.9 Å². The number of hydrogen-bond donors (Lipinski definition) is 1. The zero-order valence-corrected chi connectivity index (χ0v) is 10.6. The van der Waals surface area contributed by atoms with E-state index in [1.807, 2.05) is 0 Å². The molecule has 3 aliphatic rings. The lowest BCUT2D eigenvalue weighted by molar-refractivity contribution is -0.162. The third-order valence-corrected chi connectivity index (χ3v) is 4.05. The molecule has 1 atom stereocenters. The van der Waals surface area contributed by atoms with Crippen molar-refractivity contribution in [1.29, 1.82) is 0 Å². The van der Waals surface area contributed by atoms with Gasteiger partial charge in [0.15, 0.2) is 5.79 Å². The van der Waals surface area contributed by atoms with Crippen molar-refractivity contribution in [2.45, 2.75) is 30.6 Å². The summed E-state index contributed by atoms with van der Waals surface area (Å²) in [5.41, 5.74) is -0.976. The van der Waals surface area contributed by atoms with E-state index in [4.69, 9.17) is 19.3 Å². The van der Waals surface area contributed by atoms with Gasteiger partial charge >= 0.3 is 5.97 Å². The minimum Gasteiger partial charge on any atom is -0.461 e. The van der Waals surface area contributed by atoms with Crippen LogP contribution in [0, 0.1) is 0 Å². The quantitative estimate of drug-likeness (QED) is 0.665. The van der Waals surface area contributed by atoms with E-state index in [2.05, 4.69) is 0 Å². The molecule has 7 heteroatoms. The fourth-order valence-electron chi connectivity index (χ4n) is 3.24. The molecular formula is C12H17NO6. The molecule has 106 valence electrons. The van der Waals surface area contributed by atoms with Crippen LogP contribution in [0.15, 0.2) is 0 Å². The smallest absolute Gasteiger partial charge is 0.332 e. The van der Waals surface area contributed by atoms with Gasteiger partial charge in [-0.3, -0.25) is 4.79 Å². The van der Waals surface area contributed by atoms with Gasteiger partial charge in [0.05, 0.1) is 26.4 Å². The average Bonchev–Trinajstić information content (AvgIpc) is 3.06. The summed E-state index contributed by atoms with van der Waals surface area (Å²) >= 11 is 0. The topological polar surface area (TPSA) is 85.3 Å². The van der Waals surface area contributed by atoms with Crippen molar-refractivity contribution in [2.24, 2.45) is 0 Å². The Morgan fingerprint density at radius 1 is 1.42 bits per heavy atom. The molecule has 3 fully saturated rings. The highest BCUT2D eigenvalue weighted by atomic mass is 16.7. The van der Waals surface area contributed by atoms with Gasteiger partial charge in [-0.15, -0.1) is 0 Å². The zero-order chi connectivity index (χ0) is 13.5. The number of carbonyl (C=O) groups excluding carboxylic acids is 2. The molecule has 3 rings (SSSR count). The molecule has 19 heavy (non-hydrogen) atoms. The Kier molecular flexibility index (Phi) is 2.99. The maximum atomic E-state index is 12.3. The first-order valence-corrected chi connectivity index (χ1v) is 6.48. The molecule has 1 N–H and O–H groups in total. The van der Waals surface area contributed by atoms with Crippen molar-refractivity contribution in [1.82, 2.24) is 4.90 Å². The number of fused-ring (bicyclic) bond motifs is 1. The van der Waals surface area contributed by atoms with Crippen LogP contribution in [0.5, 0.6) is 0 Å². The van der Waals surface area contributed by atoms with E-state index in [0.29, 0.717) is 32.5 Å². The van der Waals surface area contributed by atoms with E-state index in [1.54, 1.807) is 0 Å². The van der Waals surface area contributed by atoms with E-state index in [0.717, 1.165) is 0 Å². The van der Waals surface area contributed by atoms with Crippen LogP contribution in [-0.4, -0.2) is 66.2 Å². The lowest BCUT2D eigenvalue weighted by Gasteiger charge is -2.28. The number of ether oxygens (including phenoxy) is 3. The van der Waals surface area contributed by atoms with Crippen LogP contribution in [0.25, 0.3) is 0 Å². The third kappa shape index (κ3) is 1.84. The van der Waals surface area contributed by atoms with Crippen molar-refractivity contribution in [3.05, 3.63) is 0 Å². The first kappa shape index (κ1) is 12.8. The summed E-state index contributed by atoms with van der Waals surface area (Å²) in [6, 6.07) is 0. The number of aliphatic hydroxyl groups excluding tert-OH is 1. The van der Waals surface area contributed by atoms with Crippen LogP contribution in [0.4, 0.5) is 0 Å². The van der Waals surface area contributed by atoms with Crippen molar-refractivity contribution >= 4 is 11.9 Å². The van der Waals surface area contributed by atoms with Gasteiger partial charge in [-0.2, -0.15) is 0 Å². The van der Waals surface area contributed by atoms with Crippen LogP contribution < -0.4 is 0 Å². The molecule has 0 aliphatic carbocycles. The highest BCUT2D eigenvalue weighted by molar-refractivity contribution is 5.92. The van der Waals surface area contributed by atoms with Crippen LogP contribution in [0.1, 0.15) is 19.3 Å². The number of rotatable bonds is 3. The molecular weight excluding hydrogens is 254 g/mol. The molecule has 0 bridgehead atoms. The van der Waals surface area contributed by atoms with Crippen LogP contribution in [0.2, 0.25) is 0 Å². The summed E-state index contributed by atoms with van der Waals surface area (Å²) in [5, 5.41) is 8.75. The minimum absolute atomic E-state index is 0.0582. The van der Waals surface area contributed by atoms with E-state index in [-0.39, 0.29) is 25.7 Å². The normalized spacial score (nSPS) is 32.1. The Hall–Kier alpha value is -1.18. The molecule has 0 unspecified atom stereocenters.